The molecule has 0 unspecified atom stereocenters. The molecule has 1 rings (SSSR count). The highest BCUT2D eigenvalue weighted by Crippen LogP contribution is 2.01. The molecule has 90 valence electrons. The van der Waals surface area contributed by atoms with Crippen molar-refractivity contribution in [1.82, 2.24) is 4.90 Å². The Kier molecular flexibility index (Phi) is 7.16. The van der Waals surface area contributed by atoms with Crippen LogP contribution in [0.3, 0.4) is 0 Å². The molecule has 0 aliphatic heterocycles. The predicted octanol–water partition coefficient (Wildman–Crippen LogP) is 0.819. The van der Waals surface area contributed by atoms with Gasteiger partial charge in [0.05, 0.1) is 0 Å². The minimum atomic E-state index is -0.959. The number of carboxylic acids is 1. The van der Waals surface area contributed by atoms with Gasteiger partial charge in [0.25, 0.3) is 0 Å². The van der Waals surface area contributed by atoms with E-state index in [1.54, 1.807) is 0 Å². The SMILES string of the molecule is CN(C)C.N[C@@H](Cc1ccccc1)C(=O)O. The summed E-state index contributed by atoms with van der Waals surface area (Å²) >= 11 is 0. The number of carbonyl (C=O) groups is 1. The average molecular weight is 224 g/mol. The smallest absolute Gasteiger partial charge is 0.320 e. The van der Waals surface area contributed by atoms with Gasteiger partial charge in [-0.25, -0.2) is 0 Å². The van der Waals surface area contributed by atoms with Crippen molar-refractivity contribution in [2.75, 3.05) is 21.1 Å². The lowest BCUT2D eigenvalue weighted by Gasteiger charge is -2.04. The number of benzene rings is 1. The molecular weight excluding hydrogens is 204 g/mol. The molecule has 0 aromatic heterocycles. The molecule has 0 radical (unpaired) electrons. The second-order valence-corrected chi connectivity index (χ2v) is 3.98. The fourth-order valence-electron chi connectivity index (χ4n) is 0.955. The lowest BCUT2D eigenvalue weighted by atomic mass is 10.1. The van der Waals surface area contributed by atoms with Gasteiger partial charge in [0.15, 0.2) is 0 Å². The van der Waals surface area contributed by atoms with Crippen molar-refractivity contribution in [2.45, 2.75) is 12.5 Å². The van der Waals surface area contributed by atoms with E-state index < -0.39 is 12.0 Å². The van der Waals surface area contributed by atoms with Gasteiger partial charge in [0, 0.05) is 0 Å². The molecule has 0 saturated carbocycles. The topological polar surface area (TPSA) is 66.6 Å². The second kappa shape index (κ2) is 7.84. The summed E-state index contributed by atoms with van der Waals surface area (Å²) in [6, 6.07) is 8.54. The zero-order chi connectivity index (χ0) is 12.6. The lowest BCUT2D eigenvalue weighted by molar-refractivity contribution is -0.138. The highest BCUT2D eigenvalue weighted by Gasteiger charge is 2.10. The van der Waals surface area contributed by atoms with Crippen molar-refractivity contribution in [2.24, 2.45) is 5.73 Å². The van der Waals surface area contributed by atoms with Crippen LogP contribution in [0.5, 0.6) is 0 Å². The molecule has 0 heterocycles. The predicted molar refractivity (Wildman–Crippen MR) is 65.4 cm³/mol. The molecule has 0 amide bonds. The van der Waals surface area contributed by atoms with E-state index in [1.807, 2.05) is 56.4 Å². The van der Waals surface area contributed by atoms with Crippen molar-refractivity contribution < 1.29 is 9.90 Å². The van der Waals surface area contributed by atoms with Gasteiger partial charge < -0.3 is 15.7 Å². The van der Waals surface area contributed by atoms with Crippen LogP contribution in [-0.4, -0.2) is 43.2 Å². The Bertz CT molecular complexity index is 296. The normalized spacial score (nSPS) is 11.6. The van der Waals surface area contributed by atoms with E-state index in [0.717, 1.165) is 5.56 Å². The van der Waals surface area contributed by atoms with E-state index in [-0.39, 0.29) is 0 Å². The first-order valence-corrected chi connectivity index (χ1v) is 5.06. The molecule has 16 heavy (non-hydrogen) atoms. The summed E-state index contributed by atoms with van der Waals surface area (Å²) in [5, 5.41) is 8.52. The number of hydrogen-bond acceptors (Lipinski definition) is 3. The third kappa shape index (κ3) is 7.96. The van der Waals surface area contributed by atoms with Gasteiger partial charge in [0.1, 0.15) is 6.04 Å². The molecule has 0 bridgehead atoms. The average Bonchev–Trinajstić information content (AvgIpc) is 2.18. The van der Waals surface area contributed by atoms with Crippen molar-refractivity contribution in [3.05, 3.63) is 35.9 Å². The van der Waals surface area contributed by atoms with Crippen LogP contribution in [0.15, 0.2) is 30.3 Å². The van der Waals surface area contributed by atoms with Crippen LogP contribution in [0.4, 0.5) is 0 Å². The number of hydrogen-bond donors (Lipinski definition) is 2. The van der Waals surface area contributed by atoms with Gasteiger partial charge in [-0.05, 0) is 33.1 Å². The van der Waals surface area contributed by atoms with Crippen LogP contribution in [0, 0.1) is 0 Å². The van der Waals surface area contributed by atoms with Gasteiger partial charge in [0.2, 0.25) is 0 Å². The lowest BCUT2D eigenvalue weighted by Crippen LogP contribution is -2.32. The zero-order valence-corrected chi connectivity index (χ0v) is 10.1. The molecule has 1 aromatic rings. The highest BCUT2D eigenvalue weighted by molar-refractivity contribution is 5.73. The van der Waals surface area contributed by atoms with Gasteiger partial charge in [-0.3, -0.25) is 4.79 Å². The van der Waals surface area contributed by atoms with Crippen molar-refractivity contribution >= 4 is 5.97 Å². The first-order chi connectivity index (χ1) is 7.43. The van der Waals surface area contributed by atoms with Crippen molar-refractivity contribution in [3.8, 4) is 0 Å². The number of rotatable bonds is 3. The van der Waals surface area contributed by atoms with E-state index in [9.17, 15) is 4.79 Å². The highest BCUT2D eigenvalue weighted by atomic mass is 16.4. The molecule has 3 N–H and O–H groups in total. The van der Waals surface area contributed by atoms with E-state index in [1.165, 1.54) is 0 Å². The molecule has 0 saturated heterocycles. The number of carboxylic acid groups (broad SMARTS) is 1. The number of nitrogens with two attached hydrogens (primary N) is 1. The molecule has 0 aliphatic carbocycles. The van der Waals surface area contributed by atoms with Crippen LogP contribution < -0.4 is 5.73 Å². The van der Waals surface area contributed by atoms with Crippen molar-refractivity contribution in [3.63, 3.8) is 0 Å². The third-order valence-corrected chi connectivity index (χ3v) is 1.62. The van der Waals surface area contributed by atoms with E-state index in [2.05, 4.69) is 0 Å². The Hall–Kier alpha value is -1.39. The largest absolute Gasteiger partial charge is 0.480 e. The first-order valence-electron chi connectivity index (χ1n) is 5.06. The Labute approximate surface area is 96.7 Å². The van der Waals surface area contributed by atoms with Gasteiger partial charge in [-0.15, -0.1) is 0 Å². The van der Waals surface area contributed by atoms with Crippen LogP contribution >= 0.6 is 0 Å². The standard InChI is InChI=1S/C9H11NO2.C3H9N/c10-8(9(11)12)6-7-4-2-1-3-5-7;1-4(2)3/h1-5,8H,6,10H2,(H,11,12);1-3H3/t8-;/m0./s1. The zero-order valence-electron chi connectivity index (χ0n) is 10.1. The van der Waals surface area contributed by atoms with Crippen molar-refractivity contribution in [1.29, 1.82) is 0 Å². The van der Waals surface area contributed by atoms with E-state index in [4.69, 9.17) is 10.8 Å². The second-order valence-electron chi connectivity index (χ2n) is 3.98. The summed E-state index contributed by atoms with van der Waals surface area (Å²) < 4.78 is 0. The maximum Gasteiger partial charge on any atom is 0.320 e. The summed E-state index contributed by atoms with van der Waals surface area (Å²) in [7, 11) is 6.00. The molecule has 4 heteroatoms. The Morgan fingerprint density at radius 1 is 1.31 bits per heavy atom. The summed E-state index contributed by atoms with van der Waals surface area (Å²) in [6.45, 7) is 0. The molecule has 0 fully saturated rings. The fourth-order valence-corrected chi connectivity index (χ4v) is 0.955. The van der Waals surface area contributed by atoms with Crippen LogP contribution in [0.2, 0.25) is 0 Å². The monoisotopic (exact) mass is 224 g/mol. The molecule has 0 aliphatic rings. The van der Waals surface area contributed by atoms with E-state index >= 15 is 0 Å². The molecule has 4 nitrogen and oxygen atoms in total. The molecular formula is C12H20N2O2. The number of aliphatic carboxylic acids is 1. The van der Waals surface area contributed by atoms with Crippen LogP contribution in [-0.2, 0) is 11.2 Å². The van der Waals surface area contributed by atoms with Gasteiger partial charge in [-0.2, -0.15) is 0 Å². The van der Waals surface area contributed by atoms with E-state index in [0.29, 0.717) is 6.42 Å². The summed E-state index contributed by atoms with van der Waals surface area (Å²) in [5.74, 6) is -0.959. The maximum atomic E-state index is 10.4. The molecule has 1 aromatic carbocycles. The fraction of sp³-hybridized carbons (Fsp3) is 0.417. The molecule has 1 atom stereocenters. The summed E-state index contributed by atoms with van der Waals surface area (Å²) in [6.07, 6.45) is 0.385. The summed E-state index contributed by atoms with van der Waals surface area (Å²) in [4.78, 5) is 12.4. The Balaban J connectivity index is 0.000000487. The third-order valence-electron chi connectivity index (χ3n) is 1.62. The summed E-state index contributed by atoms with van der Waals surface area (Å²) in [5.41, 5.74) is 6.30. The van der Waals surface area contributed by atoms with Crippen LogP contribution in [0.1, 0.15) is 5.56 Å². The Morgan fingerprint density at radius 2 is 1.75 bits per heavy atom. The Morgan fingerprint density at radius 3 is 2.12 bits per heavy atom. The molecule has 0 spiro atoms. The minimum absolute atomic E-state index is 0.385. The minimum Gasteiger partial charge on any atom is -0.480 e. The first kappa shape index (κ1) is 14.6. The van der Waals surface area contributed by atoms with Gasteiger partial charge >= 0.3 is 5.97 Å². The quantitative estimate of drug-likeness (QED) is 0.797. The number of nitrogens with zero attached hydrogens (tertiary/aromatic N) is 1. The maximum absolute atomic E-state index is 10.4. The van der Waals surface area contributed by atoms with Crippen LogP contribution in [0.25, 0.3) is 0 Å². The van der Waals surface area contributed by atoms with Gasteiger partial charge in [-0.1, -0.05) is 30.3 Å².